The molecule has 1 aromatic rings. The fourth-order valence-electron chi connectivity index (χ4n) is 2.25. The number of carbonyl (C=O) groups excluding carboxylic acids is 1. The van der Waals surface area contributed by atoms with Crippen LogP contribution < -0.4 is 10.6 Å². The molecule has 0 saturated heterocycles. The molecule has 2 N–H and O–H groups in total. The summed E-state index contributed by atoms with van der Waals surface area (Å²) in [7, 11) is 0. The summed E-state index contributed by atoms with van der Waals surface area (Å²) in [6.07, 6.45) is 1.99. The van der Waals surface area contributed by atoms with Gasteiger partial charge in [-0.05, 0) is 37.8 Å². The van der Waals surface area contributed by atoms with E-state index >= 15 is 0 Å². The Balaban J connectivity index is 2.92. The molecule has 1 atom stereocenters. The smallest absolute Gasteiger partial charge is 0.253 e. The van der Waals surface area contributed by atoms with Crippen LogP contribution in [0.1, 0.15) is 56.5 Å². The molecule has 1 unspecified atom stereocenters. The van der Waals surface area contributed by atoms with Crippen molar-refractivity contribution in [2.45, 2.75) is 53.5 Å². The molecule has 0 aromatic heterocycles. The van der Waals surface area contributed by atoms with E-state index < -0.39 is 0 Å². The van der Waals surface area contributed by atoms with Gasteiger partial charge in [0.2, 0.25) is 0 Å². The largest absolute Gasteiger partial charge is 0.384 e. The summed E-state index contributed by atoms with van der Waals surface area (Å²) in [5.41, 5.74) is 2.78. The summed E-state index contributed by atoms with van der Waals surface area (Å²) in [4.78, 5) is 12.5. The first-order valence-corrected chi connectivity index (χ1v) is 7.64. The van der Waals surface area contributed by atoms with Gasteiger partial charge in [-0.3, -0.25) is 4.79 Å². The van der Waals surface area contributed by atoms with Crippen LogP contribution >= 0.6 is 0 Å². The molecular formula is C17H28N2O. The Morgan fingerprint density at radius 2 is 1.95 bits per heavy atom. The van der Waals surface area contributed by atoms with Crippen LogP contribution in [0.3, 0.4) is 0 Å². The molecule has 0 fully saturated rings. The van der Waals surface area contributed by atoms with E-state index in [1.807, 2.05) is 25.1 Å². The molecule has 0 aliphatic rings. The van der Waals surface area contributed by atoms with Gasteiger partial charge in [0.1, 0.15) is 0 Å². The minimum Gasteiger partial charge on any atom is -0.384 e. The zero-order chi connectivity index (χ0) is 15.1. The zero-order valence-electron chi connectivity index (χ0n) is 13.4. The van der Waals surface area contributed by atoms with Crippen molar-refractivity contribution in [2.24, 2.45) is 5.92 Å². The van der Waals surface area contributed by atoms with Crippen molar-refractivity contribution in [1.82, 2.24) is 5.32 Å². The number of hydrogen-bond donors (Lipinski definition) is 2. The monoisotopic (exact) mass is 276 g/mol. The molecule has 0 aliphatic heterocycles. The molecule has 0 bridgehead atoms. The lowest BCUT2D eigenvalue weighted by Gasteiger charge is -2.22. The number of anilines is 1. The Bertz CT molecular complexity index is 441. The Labute approximate surface area is 123 Å². The minimum atomic E-state index is 0.0212. The molecule has 3 nitrogen and oxygen atoms in total. The van der Waals surface area contributed by atoms with Crippen molar-refractivity contribution in [1.29, 1.82) is 0 Å². The van der Waals surface area contributed by atoms with Gasteiger partial charge in [0.05, 0.1) is 5.56 Å². The van der Waals surface area contributed by atoms with E-state index in [1.54, 1.807) is 0 Å². The average Bonchev–Trinajstić information content (AvgIpc) is 2.42. The number of carbonyl (C=O) groups is 1. The zero-order valence-corrected chi connectivity index (χ0v) is 13.4. The first-order chi connectivity index (χ1) is 9.49. The van der Waals surface area contributed by atoms with Gasteiger partial charge in [-0.2, -0.15) is 0 Å². The van der Waals surface area contributed by atoms with Gasteiger partial charge in [-0.15, -0.1) is 0 Å². The number of rotatable bonds is 7. The molecule has 0 saturated carbocycles. The van der Waals surface area contributed by atoms with Crippen LogP contribution in [-0.2, 0) is 0 Å². The Morgan fingerprint density at radius 1 is 1.25 bits per heavy atom. The van der Waals surface area contributed by atoms with Crippen molar-refractivity contribution < 1.29 is 4.79 Å². The topological polar surface area (TPSA) is 41.1 Å². The van der Waals surface area contributed by atoms with Crippen molar-refractivity contribution in [2.75, 3.05) is 11.9 Å². The molecule has 112 valence electrons. The van der Waals surface area contributed by atoms with E-state index in [-0.39, 0.29) is 11.9 Å². The van der Waals surface area contributed by atoms with Crippen LogP contribution in [0, 0.1) is 12.8 Å². The summed E-state index contributed by atoms with van der Waals surface area (Å²) in [5, 5.41) is 6.48. The van der Waals surface area contributed by atoms with E-state index in [9.17, 15) is 4.79 Å². The van der Waals surface area contributed by atoms with Gasteiger partial charge in [-0.1, -0.05) is 39.3 Å². The van der Waals surface area contributed by atoms with Crippen LogP contribution in [0.2, 0.25) is 0 Å². The molecule has 1 amide bonds. The number of aryl methyl sites for hydroxylation is 1. The summed E-state index contributed by atoms with van der Waals surface area (Å²) in [6, 6.07) is 6.22. The second kappa shape index (κ2) is 7.93. The van der Waals surface area contributed by atoms with Gasteiger partial charge < -0.3 is 10.6 Å². The van der Waals surface area contributed by atoms with Crippen LogP contribution in [0.4, 0.5) is 5.69 Å². The van der Waals surface area contributed by atoms with Gasteiger partial charge in [0, 0.05) is 18.3 Å². The predicted octanol–water partition coefficient (Wildman–Crippen LogP) is 3.98. The lowest BCUT2D eigenvalue weighted by Crippen LogP contribution is -2.38. The number of hydrogen-bond acceptors (Lipinski definition) is 2. The average molecular weight is 276 g/mol. The summed E-state index contributed by atoms with van der Waals surface area (Å²) >= 11 is 0. The Hall–Kier alpha value is -1.51. The molecule has 1 aromatic carbocycles. The fourth-order valence-corrected chi connectivity index (χ4v) is 2.25. The second-order valence-corrected chi connectivity index (χ2v) is 5.71. The Morgan fingerprint density at radius 3 is 2.50 bits per heavy atom. The molecule has 1 rings (SSSR count). The quantitative estimate of drug-likeness (QED) is 0.791. The number of nitrogens with one attached hydrogen (secondary N) is 2. The first kappa shape index (κ1) is 16.5. The maximum Gasteiger partial charge on any atom is 0.253 e. The van der Waals surface area contributed by atoms with Crippen LogP contribution in [0.5, 0.6) is 0 Å². The lowest BCUT2D eigenvalue weighted by molar-refractivity contribution is 0.0925. The van der Waals surface area contributed by atoms with E-state index in [4.69, 9.17) is 0 Å². The van der Waals surface area contributed by atoms with E-state index in [0.717, 1.165) is 36.2 Å². The van der Waals surface area contributed by atoms with Crippen LogP contribution in [-0.4, -0.2) is 18.5 Å². The highest BCUT2D eigenvalue weighted by atomic mass is 16.1. The van der Waals surface area contributed by atoms with Crippen molar-refractivity contribution in [3.63, 3.8) is 0 Å². The van der Waals surface area contributed by atoms with E-state index in [0.29, 0.717) is 5.92 Å². The van der Waals surface area contributed by atoms with Crippen molar-refractivity contribution in [3.05, 3.63) is 29.3 Å². The van der Waals surface area contributed by atoms with Crippen LogP contribution in [0.25, 0.3) is 0 Å². The van der Waals surface area contributed by atoms with Crippen molar-refractivity contribution in [3.8, 4) is 0 Å². The minimum absolute atomic E-state index is 0.0212. The second-order valence-electron chi connectivity index (χ2n) is 5.71. The molecular weight excluding hydrogens is 248 g/mol. The number of benzene rings is 1. The summed E-state index contributed by atoms with van der Waals surface area (Å²) in [5.74, 6) is 0.466. The molecule has 3 heteroatoms. The standard InChI is InChI=1S/C17H28N2O/c1-6-10-18-16-9-8-13(5)11-14(16)17(20)19-15(7-2)12(3)4/h8-9,11-12,15,18H,6-7,10H2,1-5H3,(H,19,20). The van der Waals surface area contributed by atoms with Gasteiger partial charge >= 0.3 is 0 Å². The lowest BCUT2D eigenvalue weighted by atomic mass is 10.0. The SMILES string of the molecule is CCCNc1ccc(C)cc1C(=O)NC(CC)C(C)C. The highest BCUT2D eigenvalue weighted by molar-refractivity contribution is 6.00. The highest BCUT2D eigenvalue weighted by Crippen LogP contribution is 2.18. The molecule has 0 radical (unpaired) electrons. The molecule has 0 spiro atoms. The maximum absolute atomic E-state index is 12.5. The summed E-state index contributed by atoms with van der Waals surface area (Å²) < 4.78 is 0. The Kier molecular flexibility index (Phi) is 6.56. The van der Waals surface area contributed by atoms with E-state index in [2.05, 4.69) is 38.3 Å². The van der Waals surface area contributed by atoms with Gasteiger partial charge in [0.15, 0.2) is 0 Å². The third-order valence-corrected chi connectivity index (χ3v) is 3.55. The first-order valence-electron chi connectivity index (χ1n) is 7.64. The van der Waals surface area contributed by atoms with E-state index in [1.165, 1.54) is 0 Å². The normalized spacial score (nSPS) is 12.3. The predicted molar refractivity (Wildman–Crippen MR) is 86.3 cm³/mol. The van der Waals surface area contributed by atoms with Crippen molar-refractivity contribution >= 4 is 11.6 Å². The number of amides is 1. The van der Waals surface area contributed by atoms with Gasteiger partial charge in [-0.25, -0.2) is 0 Å². The van der Waals surface area contributed by atoms with Crippen LogP contribution in [0.15, 0.2) is 18.2 Å². The van der Waals surface area contributed by atoms with Gasteiger partial charge in [0.25, 0.3) is 5.91 Å². The summed E-state index contributed by atoms with van der Waals surface area (Å²) in [6.45, 7) is 11.4. The highest BCUT2D eigenvalue weighted by Gasteiger charge is 2.17. The fraction of sp³-hybridized carbons (Fsp3) is 0.588. The molecule has 20 heavy (non-hydrogen) atoms. The maximum atomic E-state index is 12.5. The third-order valence-electron chi connectivity index (χ3n) is 3.55. The molecule has 0 heterocycles. The molecule has 0 aliphatic carbocycles. The third kappa shape index (κ3) is 4.55.